The van der Waals surface area contributed by atoms with Crippen molar-refractivity contribution in [1.82, 2.24) is 16.0 Å². The zero-order chi connectivity index (χ0) is 17.3. The molecule has 0 bridgehead atoms. The summed E-state index contributed by atoms with van der Waals surface area (Å²) in [7, 11) is 0. The van der Waals surface area contributed by atoms with E-state index in [1.54, 1.807) is 13.8 Å². The Labute approximate surface area is 131 Å². The van der Waals surface area contributed by atoms with E-state index in [1.165, 1.54) is 6.92 Å². The number of amides is 3. The molecule has 3 amide bonds. The van der Waals surface area contributed by atoms with Crippen LogP contribution in [0.1, 0.15) is 41.0 Å². The van der Waals surface area contributed by atoms with Gasteiger partial charge in [-0.2, -0.15) is 0 Å². The maximum Gasteiger partial charge on any atom is 0.243 e. The van der Waals surface area contributed by atoms with Crippen molar-refractivity contribution in [3.63, 3.8) is 0 Å². The van der Waals surface area contributed by atoms with Crippen LogP contribution in [0.25, 0.3) is 0 Å². The fraction of sp³-hybridized carbons (Fsp3) is 0.733. The number of rotatable bonds is 10. The third-order valence-corrected chi connectivity index (χ3v) is 3.17. The van der Waals surface area contributed by atoms with E-state index >= 15 is 0 Å². The number of hydrogen-bond acceptors (Lipinski definition) is 4. The standard InChI is InChI=1S/C15H27N3O4/c1-9(2)6-12(7-19)18-14(21)11(5)17-15(22)13(10(3)4)16-8-20/h7-13H,6H2,1-5H3,(H,16,20)(H,17,22)(H,18,21)/t11?,12-,13-/m0/s1. The van der Waals surface area contributed by atoms with Gasteiger partial charge in [0.15, 0.2) is 0 Å². The highest BCUT2D eigenvalue weighted by Gasteiger charge is 2.25. The van der Waals surface area contributed by atoms with Crippen LogP contribution in [-0.4, -0.2) is 42.6 Å². The van der Waals surface area contributed by atoms with Gasteiger partial charge in [-0.1, -0.05) is 27.7 Å². The van der Waals surface area contributed by atoms with Gasteiger partial charge in [-0.3, -0.25) is 14.4 Å². The summed E-state index contributed by atoms with van der Waals surface area (Å²) >= 11 is 0. The third kappa shape index (κ3) is 7.19. The molecule has 7 nitrogen and oxygen atoms in total. The van der Waals surface area contributed by atoms with Crippen molar-refractivity contribution in [3.05, 3.63) is 0 Å². The molecule has 126 valence electrons. The van der Waals surface area contributed by atoms with Crippen LogP contribution in [0.15, 0.2) is 0 Å². The van der Waals surface area contributed by atoms with Crippen molar-refractivity contribution in [3.8, 4) is 0 Å². The normalized spacial score (nSPS) is 14.9. The lowest BCUT2D eigenvalue weighted by atomic mass is 10.0. The molecule has 0 aromatic heterocycles. The lowest BCUT2D eigenvalue weighted by molar-refractivity contribution is -0.131. The molecule has 0 spiro atoms. The monoisotopic (exact) mass is 313 g/mol. The minimum atomic E-state index is -0.795. The predicted octanol–water partition coefficient (Wildman–Crippen LogP) is -0.00850. The predicted molar refractivity (Wildman–Crippen MR) is 82.9 cm³/mol. The van der Waals surface area contributed by atoms with Crippen LogP contribution in [0, 0.1) is 11.8 Å². The van der Waals surface area contributed by atoms with E-state index in [0.29, 0.717) is 19.1 Å². The molecule has 0 aromatic carbocycles. The highest BCUT2D eigenvalue weighted by atomic mass is 16.2. The second-order valence-electron chi connectivity index (χ2n) is 6.12. The number of carbonyl (C=O) groups is 4. The Bertz CT molecular complexity index is 396. The molecule has 0 aliphatic rings. The van der Waals surface area contributed by atoms with Crippen molar-refractivity contribution < 1.29 is 19.2 Å². The van der Waals surface area contributed by atoms with Crippen molar-refractivity contribution in [1.29, 1.82) is 0 Å². The molecule has 1 unspecified atom stereocenters. The van der Waals surface area contributed by atoms with Gasteiger partial charge in [-0.05, 0) is 25.2 Å². The number of aldehydes is 1. The summed E-state index contributed by atoms with van der Waals surface area (Å²) < 4.78 is 0. The highest BCUT2D eigenvalue weighted by molar-refractivity contribution is 5.91. The van der Waals surface area contributed by atoms with Gasteiger partial charge in [0.05, 0.1) is 6.04 Å². The fourth-order valence-electron chi connectivity index (χ4n) is 1.98. The number of hydrogen-bond donors (Lipinski definition) is 3. The van der Waals surface area contributed by atoms with Gasteiger partial charge in [0.2, 0.25) is 18.2 Å². The molecule has 0 saturated heterocycles. The quantitative estimate of drug-likeness (QED) is 0.493. The van der Waals surface area contributed by atoms with E-state index in [9.17, 15) is 19.2 Å². The van der Waals surface area contributed by atoms with Gasteiger partial charge in [0.1, 0.15) is 18.4 Å². The van der Waals surface area contributed by atoms with Crippen molar-refractivity contribution in [2.75, 3.05) is 0 Å². The van der Waals surface area contributed by atoms with Crippen LogP contribution < -0.4 is 16.0 Å². The van der Waals surface area contributed by atoms with E-state index in [-0.39, 0.29) is 11.8 Å². The molecule has 0 aliphatic heterocycles. The molecule has 22 heavy (non-hydrogen) atoms. The summed E-state index contributed by atoms with van der Waals surface area (Å²) in [4.78, 5) is 45.5. The first-order chi connectivity index (χ1) is 10.2. The summed E-state index contributed by atoms with van der Waals surface area (Å²) in [6.45, 7) is 9.01. The first-order valence-corrected chi connectivity index (χ1v) is 7.48. The zero-order valence-electron chi connectivity index (χ0n) is 13.9. The van der Waals surface area contributed by atoms with Crippen LogP contribution >= 0.6 is 0 Å². The Hall–Kier alpha value is -1.92. The number of nitrogens with one attached hydrogen (secondary N) is 3. The molecule has 0 aliphatic carbocycles. The smallest absolute Gasteiger partial charge is 0.243 e. The van der Waals surface area contributed by atoms with Gasteiger partial charge in [-0.25, -0.2) is 0 Å². The second kappa shape index (κ2) is 9.92. The summed E-state index contributed by atoms with van der Waals surface area (Å²) in [5.74, 6) is -0.706. The molecule has 3 atom stereocenters. The largest absolute Gasteiger partial charge is 0.347 e. The lowest BCUT2D eigenvalue weighted by Crippen LogP contribution is -2.54. The Morgan fingerprint density at radius 1 is 0.955 bits per heavy atom. The van der Waals surface area contributed by atoms with Crippen molar-refractivity contribution in [2.45, 2.75) is 59.2 Å². The Kier molecular flexibility index (Phi) is 9.05. The molecular weight excluding hydrogens is 286 g/mol. The molecule has 3 N–H and O–H groups in total. The molecular formula is C15H27N3O4. The van der Waals surface area contributed by atoms with Gasteiger partial charge >= 0.3 is 0 Å². The van der Waals surface area contributed by atoms with Crippen LogP contribution in [0.2, 0.25) is 0 Å². The second-order valence-corrected chi connectivity index (χ2v) is 6.12. The number of carbonyl (C=O) groups excluding carboxylic acids is 4. The van der Waals surface area contributed by atoms with Gasteiger partial charge in [0.25, 0.3) is 0 Å². The van der Waals surface area contributed by atoms with Crippen molar-refractivity contribution in [2.24, 2.45) is 11.8 Å². The first-order valence-electron chi connectivity index (χ1n) is 7.48. The maximum absolute atomic E-state index is 12.0. The Morgan fingerprint density at radius 2 is 1.55 bits per heavy atom. The van der Waals surface area contributed by atoms with Gasteiger partial charge < -0.3 is 20.7 Å². The third-order valence-electron chi connectivity index (χ3n) is 3.17. The molecule has 0 aromatic rings. The molecule has 0 saturated carbocycles. The van der Waals surface area contributed by atoms with E-state index in [2.05, 4.69) is 16.0 Å². The van der Waals surface area contributed by atoms with E-state index in [4.69, 9.17) is 0 Å². The van der Waals surface area contributed by atoms with Crippen LogP contribution in [0.3, 0.4) is 0 Å². The zero-order valence-corrected chi connectivity index (χ0v) is 13.9. The molecule has 0 heterocycles. The SMILES string of the molecule is CC(C)C[C@@H](C=O)NC(=O)C(C)NC(=O)[C@@H](NC=O)C(C)C. The van der Waals surface area contributed by atoms with Crippen LogP contribution in [0.5, 0.6) is 0 Å². The van der Waals surface area contributed by atoms with Crippen molar-refractivity contribution >= 4 is 24.5 Å². The maximum atomic E-state index is 12.0. The van der Waals surface area contributed by atoms with Gasteiger partial charge in [0, 0.05) is 0 Å². The fourth-order valence-corrected chi connectivity index (χ4v) is 1.98. The average molecular weight is 313 g/mol. The van der Waals surface area contributed by atoms with E-state index < -0.39 is 29.9 Å². The molecule has 7 heteroatoms. The molecule has 0 fully saturated rings. The Morgan fingerprint density at radius 3 is 1.95 bits per heavy atom. The lowest BCUT2D eigenvalue weighted by Gasteiger charge is -2.23. The first kappa shape index (κ1) is 20.1. The summed E-state index contributed by atoms with van der Waals surface area (Å²) in [5.41, 5.74) is 0. The van der Waals surface area contributed by atoms with E-state index in [0.717, 1.165) is 0 Å². The minimum Gasteiger partial charge on any atom is -0.347 e. The summed E-state index contributed by atoms with van der Waals surface area (Å²) in [6, 6.07) is -2.07. The van der Waals surface area contributed by atoms with Gasteiger partial charge in [-0.15, -0.1) is 0 Å². The van der Waals surface area contributed by atoms with E-state index in [1.807, 2.05) is 13.8 Å². The molecule has 0 radical (unpaired) electrons. The molecule has 0 rings (SSSR count). The minimum absolute atomic E-state index is 0.107. The van der Waals surface area contributed by atoms with Crippen LogP contribution in [0.4, 0.5) is 0 Å². The Balaban J connectivity index is 4.59. The van der Waals surface area contributed by atoms with Crippen LogP contribution in [-0.2, 0) is 19.2 Å². The topological polar surface area (TPSA) is 104 Å². The summed E-state index contributed by atoms with van der Waals surface area (Å²) in [5, 5.41) is 7.56. The average Bonchev–Trinajstić information content (AvgIpc) is 2.42. The highest BCUT2D eigenvalue weighted by Crippen LogP contribution is 2.04. The summed E-state index contributed by atoms with van der Waals surface area (Å²) in [6.07, 6.45) is 1.69.